The van der Waals surface area contributed by atoms with Gasteiger partial charge in [0.15, 0.2) is 0 Å². The van der Waals surface area contributed by atoms with Crippen molar-refractivity contribution in [3.8, 4) is 0 Å². The average molecular weight is 187 g/mol. The predicted molar refractivity (Wildman–Crippen MR) is 53.4 cm³/mol. The summed E-state index contributed by atoms with van der Waals surface area (Å²) in [4.78, 5) is 11.1. The molecule has 0 heterocycles. The van der Waals surface area contributed by atoms with E-state index in [0.717, 1.165) is 19.3 Å². The van der Waals surface area contributed by atoms with Gasteiger partial charge < -0.3 is 10.4 Å². The normalized spacial score (nSPS) is 12.5. The number of hydrogen-bond donors (Lipinski definition) is 2. The van der Waals surface area contributed by atoms with Gasteiger partial charge in [-0.05, 0) is 12.3 Å². The molecule has 3 nitrogen and oxygen atoms in total. The molecule has 0 aromatic heterocycles. The van der Waals surface area contributed by atoms with Crippen LogP contribution in [0.25, 0.3) is 0 Å². The zero-order valence-electron chi connectivity index (χ0n) is 8.68. The molecule has 0 radical (unpaired) electrons. The molecule has 1 unspecified atom stereocenters. The molecule has 0 rings (SSSR count). The number of aliphatic hydroxyl groups excluding tert-OH is 1. The lowest BCUT2D eigenvalue weighted by atomic mass is 10.2. The fourth-order valence-electron chi connectivity index (χ4n) is 0.977. The van der Waals surface area contributed by atoms with E-state index in [9.17, 15) is 4.79 Å². The number of rotatable bonds is 7. The van der Waals surface area contributed by atoms with Gasteiger partial charge in [-0.2, -0.15) is 0 Å². The third-order valence-corrected chi connectivity index (χ3v) is 1.97. The summed E-state index contributed by atoms with van der Waals surface area (Å²) in [6.07, 6.45) is 3.84. The lowest BCUT2D eigenvalue weighted by molar-refractivity contribution is -0.121. The van der Waals surface area contributed by atoms with E-state index in [1.807, 2.05) is 6.92 Å². The highest BCUT2D eigenvalue weighted by molar-refractivity contribution is 5.75. The molecular formula is C10H21NO2. The van der Waals surface area contributed by atoms with Crippen molar-refractivity contribution in [2.75, 3.05) is 13.2 Å². The highest BCUT2D eigenvalue weighted by atomic mass is 16.3. The van der Waals surface area contributed by atoms with Crippen molar-refractivity contribution >= 4 is 5.91 Å². The second-order valence-electron chi connectivity index (χ2n) is 3.55. The minimum atomic E-state index is 0.105. The first-order chi connectivity index (χ1) is 6.20. The topological polar surface area (TPSA) is 49.3 Å². The fraction of sp³-hybridized carbons (Fsp3) is 0.900. The van der Waals surface area contributed by atoms with Gasteiger partial charge in [-0.3, -0.25) is 4.79 Å². The van der Waals surface area contributed by atoms with Gasteiger partial charge in [0.1, 0.15) is 0 Å². The summed E-state index contributed by atoms with van der Waals surface area (Å²) in [6.45, 7) is 4.74. The predicted octanol–water partition coefficient (Wildman–Crippen LogP) is 1.31. The van der Waals surface area contributed by atoms with Crippen molar-refractivity contribution < 1.29 is 9.90 Å². The zero-order valence-corrected chi connectivity index (χ0v) is 8.68. The maximum atomic E-state index is 11.1. The Morgan fingerprint density at radius 3 is 2.69 bits per heavy atom. The monoisotopic (exact) mass is 187 g/mol. The van der Waals surface area contributed by atoms with Crippen molar-refractivity contribution in [1.29, 1.82) is 0 Å². The van der Waals surface area contributed by atoms with Crippen molar-refractivity contribution in [3.05, 3.63) is 0 Å². The summed E-state index contributed by atoms with van der Waals surface area (Å²) in [7, 11) is 0. The van der Waals surface area contributed by atoms with Crippen LogP contribution in [0.3, 0.4) is 0 Å². The van der Waals surface area contributed by atoms with Crippen LogP contribution in [0.5, 0.6) is 0 Å². The molecule has 2 N–H and O–H groups in total. The molecule has 78 valence electrons. The van der Waals surface area contributed by atoms with Gasteiger partial charge >= 0.3 is 0 Å². The van der Waals surface area contributed by atoms with Gasteiger partial charge in [0.2, 0.25) is 5.91 Å². The third-order valence-electron chi connectivity index (χ3n) is 1.97. The quantitative estimate of drug-likeness (QED) is 0.590. The molecule has 3 heteroatoms. The van der Waals surface area contributed by atoms with E-state index in [1.54, 1.807) is 0 Å². The van der Waals surface area contributed by atoms with Gasteiger partial charge in [0.25, 0.3) is 0 Å². The van der Waals surface area contributed by atoms with Crippen LogP contribution >= 0.6 is 0 Å². The maximum Gasteiger partial charge on any atom is 0.220 e. The molecule has 0 aliphatic heterocycles. The summed E-state index contributed by atoms with van der Waals surface area (Å²) in [5, 5.41) is 11.5. The van der Waals surface area contributed by atoms with Gasteiger partial charge in [0, 0.05) is 19.6 Å². The van der Waals surface area contributed by atoms with Crippen molar-refractivity contribution in [2.24, 2.45) is 5.92 Å². The molecule has 0 aliphatic rings. The highest BCUT2D eigenvalue weighted by Gasteiger charge is 2.03. The Balaban J connectivity index is 3.30. The Bertz CT molecular complexity index is 137. The van der Waals surface area contributed by atoms with E-state index in [-0.39, 0.29) is 18.4 Å². The van der Waals surface area contributed by atoms with E-state index >= 15 is 0 Å². The number of carbonyl (C=O) groups is 1. The number of unbranched alkanes of at least 4 members (excludes halogenated alkanes) is 2. The number of amides is 1. The Morgan fingerprint density at radius 2 is 2.15 bits per heavy atom. The molecule has 0 spiro atoms. The lowest BCUT2D eigenvalue weighted by Crippen LogP contribution is -2.29. The number of aliphatic hydroxyl groups is 1. The highest BCUT2D eigenvalue weighted by Crippen LogP contribution is 1.98. The molecule has 0 aromatic rings. The minimum absolute atomic E-state index is 0.105. The van der Waals surface area contributed by atoms with E-state index in [1.165, 1.54) is 0 Å². The van der Waals surface area contributed by atoms with Crippen LogP contribution in [0.15, 0.2) is 0 Å². The van der Waals surface area contributed by atoms with Crippen LogP contribution in [0.2, 0.25) is 0 Å². The maximum absolute atomic E-state index is 11.1. The van der Waals surface area contributed by atoms with Gasteiger partial charge in [0.05, 0.1) is 0 Å². The third kappa shape index (κ3) is 7.78. The zero-order chi connectivity index (χ0) is 10.1. The Kier molecular flexibility index (Phi) is 7.69. The summed E-state index contributed by atoms with van der Waals surface area (Å²) >= 11 is 0. The molecular weight excluding hydrogens is 166 g/mol. The second-order valence-corrected chi connectivity index (χ2v) is 3.55. The van der Waals surface area contributed by atoms with E-state index in [2.05, 4.69) is 12.2 Å². The van der Waals surface area contributed by atoms with E-state index < -0.39 is 0 Å². The summed E-state index contributed by atoms with van der Waals surface area (Å²) < 4.78 is 0. The molecule has 0 aromatic carbocycles. The van der Waals surface area contributed by atoms with E-state index in [0.29, 0.717) is 13.0 Å². The molecule has 0 saturated carbocycles. The molecule has 0 bridgehead atoms. The summed E-state index contributed by atoms with van der Waals surface area (Å²) in [5.74, 6) is 0.267. The summed E-state index contributed by atoms with van der Waals surface area (Å²) in [6, 6.07) is 0. The van der Waals surface area contributed by atoms with Crippen molar-refractivity contribution in [1.82, 2.24) is 5.32 Å². The van der Waals surface area contributed by atoms with Crippen LogP contribution in [0.4, 0.5) is 0 Å². The smallest absolute Gasteiger partial charge is 0.220 e. The molecule has 1 amide bonds. The fourth-order valence-corrected chi connectivity index (χ4v) is 0.977. The van der Waals surface area contributed by atoms with Crippen LogP contribution < -0.4 is 5.32 Å². The number of carbonyl (C=O) groups excluding carboxylic acids is 1. The van der Waals surface area contributed by atoms with Crippen LogP contribution in [0, 0.1) is 5.92 Å². The lowest BCUT2D eigenvalue weighted by Gasteiger charge is -2.09. The minimum Gasteiger partial charge on any atom is -0.396 e. The van der Waals surface area contributed by atoms with E-state index in [4.69, 9.17) is 5.11 Å². The van der Waals surface area contributed by atoms with Gasteiger partial charge in [-0.15, -0.1) is 0 Å². The molecule has 0 saturated heterocycles. The Morgan fingerprint density at radius 1 is 1.46 bits per heavy atom. The Hall–Kier alpha value is -0.570. The first kappa shape index (κ1) is 12.4. The molecule has 13 heavy (non-hydrogen) atoms. The number of nitrogens with one attached hydrogen (secondary N) is 1. The SMILES string of the molecule is CCCCCC(=O)NCC(C)CO. The Labute approximate surface area is 80.5 Å². The van der Waals surface area contributed by atoms with Crippen LogP contribution in [-0.2, 0) is 4.79 Å². The first-order valence-corrected chi connectivity index (χ1v) is 5.08. The second kappa shape index (κ2) is 8.05. The van der Waals surface area contributed by atoms with Gasteiger partial charge in [-0.1, -0.05) is 26.7 Å². The standard InChI is InChI=1S/C10H21NO2/c1-3-4-5-6-10(13)11-7-9(2)8-12/h9,12H,3-8H2,1-2H3,(H,11,13). The van der Waals surface area contributed by atoms with Crippen LogP contribution in [0.1, 0.15) is 39.5 Å². The molecule has 1 atom stereocenters. The number of hydrogen-bond acceptors (Lipinski definition) is 2. The van der Waals surface area contributed by atoms with Crippen LogP contribution in [-0.4, -0.2) is 24.2 Å². The molecule has 0 aliphatic carbocycles. The van der Waals surface area contributed by atoms with Gasteiger partial charge in [-0.25, -0.2) is 0 Å². The largest absolute Gasteiger partial charge is 0.396 e. The van der Waals surface area contributed by atoms with Crippen molar-refractivity contribution in [2.45, 2.75) is 39.5 Å². The average Bonchev–Trinajstić information content (AvgIpc) is 2.14. The van der Waals surface area contributed by atoms with Crippen molar-refractivity contribution in [3.63, 3.8) is 0 Å². The summed E-state index contributed by atoms with van der Waals surface area (Å²) in [5.41, 5.74) is 0. The first-order valence-electron chi connectivity index (χ1n) is 5.08. The molecule has 0 fully saturated rings.